The van der Waals surface area contributed by atoms with Gasteiger partial charge in [0.1, 0.15) is 11.6 Å². The molecule has 20 heavy (non-hydrogen) atoms. The molecule has 4 heteroatoms. The van der Waals surface area contributed by atoms with Crippen molar-refractivity contribution in [3.8, 4) is 5.75 Å². The summed E-state index contributed by atoms with van der Waals surface area (Å²) >= 11 is 0. The largest absolute Gasteiger partial charge is 0.494 e. The summed E-state index contributed by atoms with van der Waals surface area (Å²) in [6.45, 7) is 4.05. The van der Waals surface area contributed by atoms with Crippen molar-refractivity contribution in [3.05, 3.63) is 30.1 Å². The Morgan fingerprint density at radius 3 is 2.45 bits per heavy atom. The maximum atomic E-state index is 12.8. The van der Waals surface area contributed by atoms with E-state index in [4.69, 9.17) is 10.5 Å². The second-order valence-electron chi connectivity index (χ2n) is 6.09. The van der Waals surface area contributed by atoms with Crippen LogP contribution in [-0.2, 0) is 0 Å². The van der Waals surface area contributed by atoms with Gasteiger partial charge in [0.2, 0.25) is 0 Å². The van der Waals surface area contributed by atoms with E-state index in [2.05, 4.69) is 4.90 Å². The third-order valence-electron chi connectivity index (χ3n) is 4.68. The Morgan fingerprint density at radius 1 is 1.15 bits per heavy atom. The van der Waals surface area contributed by atoms with Crippen molar-refractivity contribution < 1.29 is 9.13 Å². The molecular weight excluding hydrogens is 255 g/mol. The molecule has 1 heterocycles. The minimum absolute atomic E-state index is 0.225. The van der Waals surface area contributed by atoms with Crippen LogP contribution in [0.5, 0.6) is 5.75 Å². The molecule has 3 nitrogen and oxygen atoms in total. The average Bonchev–Trinajstić information content (AvgIpc) is 2.67. The number of likely N-dealkylation sites (tertiary alicyclic amines) is 1. The maximum Gasteiger partial charge on any atom is 0.123 e. The summed E-state index contributed by atoms with van der Waals surface area (Å²) in [5.41, 5.74) is 6.21. The molecule has 2 bridgehead atoms. The number of piperidine rings is 1. The number of nitrogens with two attached hydrogens (primary N) is 1. The highest BCUT2D eigenvalue weighted by Gasteiger charge is 2.39. The van der Waals surface area contributed by atoms with Gasteiger partial charge in [-0.15, -0.1) is 0 Å². The van der Waals surface area contributed by atoms with Crippen LogP contribution in [-0.4, -0.2) is 37.2 Å². The number of fused-ring (bicyclic) bond motifs is 2. The molecule has 0 amide bonds. The van der Waals surface area contributed by atoms with Gasteiger partial charge in [0, 0.05) is 25.7 Å². The fraction of sp³-hybridized carbons (Fsp3) is 0.625. The van der Waals surface area contributed by atoms with Gasteiger partial charge in [-0.1, -0.05) is 0 Å². The molecule has 0 aromatic heterocycles. The van der Waals surface area contributed by atoms with Crippen molar-refractivity contribution in [2.24, 2.45) is 17.6 Å². The molecule has 1 saturated carbocycles. The topological polar surface area (TPSA) is 38.5 Å². The zero-order valence-corrected chi connectivity index (χ0v) is 11.8. The van der Waals surface area contributed by atoms with E-state index >= 15 is 0 Å². The van der Waals surface area contributed by atoms with E-state index in [1.54, 1.807) is 12.1 Å². The molecule has 0 radical (unpaired) electrons. The highest BCUT2D eigenvalue weighted by molar-refractivity contribution is 5.21. The van der Waals surface area contributed by atoms with Crippen LogP contribution in [0.4, 0.5) is 4.39 Å². The molecule has 1 aliphatic heterocycles. The SMILES string of the molecule is NC1[C@@H]2CC[C@H]1CN(CCCOc1ccc(F)cc1)C2. The molecule has 1 unspecified atom stereocenters. The summed E-state index contributed by atoms with van der Waals surface area (Å²) in [6.07, 6.45) is 3.61. The standard InChI is InChI=1S/C16H23FN2O/c17-14-4-6-15(7-5-14)20-9-1-8-19-10-12-2-3-13(11-19)16(12)18/h4-7,12-13,16H,1-3,8-11,18H2/t12-,13+,16?. The van der Waals surface area contributed by atoms with Crippen LogP contribution in [0, 0.1) is 17.7 Å². The fourth-order valence-corrected chi connectivity index (χ4v) is 3.55. The summed E-state index contributed by atoms with van der Waals surface area (Å²) < 4.78 is 18.4. The van der Waals surface area contributed by atoms with Gasteiger partial charge in [-0.2, -0.15) is 0 Å². The lowest BCUT2D eigenvalue weighted by atomic mass is 9.93. The van der Waals surface area contributed by atoms with Gasteiger partial charge < -0.3 is 15.4 Å². The van der Waals surface area contributed by atoms with Crippen molar-refractivity contribution in [1.82, 2.24) is 4.90 Å². The zero-order valence-electron chi connectivity index (χ0n) is 11.8. The van der Waals surface area contributed by atoms with E-state index in [-0.39, 0.29) is 5.82 Å². The van der Waals surface area contributed by atoms with Crippen LogP contribution in [0.15, 0.2) is 24.3 Å². The molecule has 2 N–H and O–H groups in total. The van der Waals surface area contributed by atoms with Gasteiger partial charge in [-0.05, 0) is 55.4 Å². The molecular formula is C16H23FN2O. The third kappa shape index (κ3) is 3.13. The fourth-order valence-electron chi connectivity index (χ4n) is 3.55. The maximum absolute atomic E-state index is 12.8. The number of nitrogens with zero attached hydrogens (tertiary/aromatic N) is 1. The molecule has 110 valence electrons. The van der Waals surface area contributed by atoms with Gasteiger partial charge in [-0.3, -0.25) is 0 Å². The van der Waals surface area contributed by atoms with Gasteiger partial charge in [0.25, 0.3) is 0 Å². The quantitative estimate of drug-likeness (QED) is 0.840. The number of hydrogen-bond donors (Lipinski definition) is 1. The Morgan fingerprint density at radius 2 is 1.80 bits per heavy atom. The van der Waals surface area contributed by atoms with Gasteiger partial charge in [0.05, 0.1) is 6.61 Å². The molecule has 1 aromatic carbocycles. The monoisotopic (exact) mass is 278 g/mol. The minimum Gasteiger partial charge on any atom is -0.494 e. The Kier molecular flexibility index (Phi) is 4.22. The summed E-state index contributed by atoms with van der Waals surface area (Å²) in [7, 11) is 0. The molecule has 1 saturated heterocycles. The molecule has 2 fully saturated rings. The lowest BCUT2D eigenvalue weighted by molar-refractivity contribution is 0.138. The first-order chi connectivity index (χ1) is 9.72. The summed E-state index contributed by atoms with van der Waals surface area (Å²) in [5, 5.41) is 0. The Labute approximate surface area is 119 Å². The number of ether oxygens (including phenoxy) is 1. The van der Waals surface area contributed by atoms with E-state index < -0.39 is 0 Å². The van der Waals surface area contributed by atoms with Crippen LogP contribution in [0.1, 0.15) is 19.3 Å². The number of benzene rings is 1. The second kappa shape index (κ2) is 6.10. The Hall–Kier alpha value is -1.13. The first-order valence-electron chi connectivity index (χ1n) is 7.58. The molecule has 1 aliphatic carbocycles. The smallest absolute Gasteiger partial charge is 0.123 e. The van der Waals surface area contributed by atoms with Gasteiger partial charge in [0.15, 0.2) is 0 Å². The second-order valence-corrected chi connectivity index (χ2v) is 6.09. The molecule has 1 aromatic rings. The molecule has 3 atom stereocenters. The number of rotatable bonds is 5. The van der Waals surface area contributed by atoms with E-state index in [0.717, 1.165) is 31.8 Å². The highest BCUT2D eigenvalue weighted by Crippen LogP contribution is 2.35. The van der Waals surface area contributed by atoms with Crippen molar-refractivity contribution in [2.45, 2.75) is 25.3 Å². The first kappa shape index (κ1) is 13.8. The third-order valence-corrected chi connectivity index (χ3v) is 4.68. The lowest BCUT2D eigenvalue weighted by Gasteiger charge is -2.36. The molecule has 0 spiro atoms. The average molecular weight is 278 g/mol. The first-order valence-corrected chi connectivity index (χ1v) is 7.58. The summed E-state index contributed by atoms with van der Waals surface area (Å²) in [6, 6.07) is 6.64. The minimum atomic E-state index is -0.225. The van der Waals surface area contributed by atoms with Gasteiger partial charge in [-0.25, -0.2) is 4.39 Å². The lowest BCUT2D eigenvalue weighted by Crippen LogP contribution is -2.49. The van der Waals surface area contributed by atoms with Crippen molar-refractivity contribution in [2.75, 3.05) is 26.2 Å². The van der Waals surface area contributed by atoms with Crippen LogP contribution >= 0.6 is 0 Å². The van der Waals surface area contributed by atoms with Crippen LogP contribution in [0.3, 0.4) is 0 Å². The van der Waals surface area contributed by atoms with Crippen LogP contribution < -0.4 is 10.5 Å². The normalized spacial score (nSPS) is 29.6. The van der Waals surface area contributed by atoms with E-state index in [1.807, 2.05) is 0 Å². The van der Waals surface area contributed by atoms with Crippen molar-refractivity contribution in [1.29, 1.82) is 0 Å². The molecule has 2 aliphatic rings. The summed E-state index contributed by atoms with van der Waals surface area (Å²) in [5.74, 6) is 1.92. The predicted molar refractivity (Wildman–Crippen MR) is 77.1 cm³/mol. The van der Waals surface area contributed by atoms with Crippen LogP contribution in [0.25, 0.3) is 0 Å². The van der Waals surface area contributed by atoms with E-state index in [1.165, 1.54) is 25.0 Å². The predicted octanol–water partition coefficient (Wildman–Crippen LogP) is 2.26. The van der Waals surface area contributed by atoms with Gasteiger partial charge >= 0.3 is 0 Å². The highest BCUT2D eigenvalue weighted by atomic mass is 19.1. The van der Waals surface area contributed by atoms with Crippen molar-refractivity contribution in [3.63, 3.8) is 0 Å². The van der Waals surface area contributed by atoms with E-state index in [9.17, 15) is 4.39 Å². The summed E-state index contributed by atoms with van der Waals surface area (Å²) in [4.78, 5) is 2.53. The van der Waals surface area contributed by atoms with Crippen molar-refractivity contribution >= 4 is 0 Å². The molecule has 3 rings (SSSR count). The van der Waals surface area contributed by atoms with Crippen LogP contribution in [0.2, 0.25) is 0 Å². The Balaban J connectivity index is 1.37. The van der Waals surface area contributed by atoms with E-state index in [0.29, 0.717) is 24.5 Å². The zero-order chi connectivity index (χ0) is 13.9. The number of halogens is 1. The Bertz CT molecular complexity index is 423. The number of hydrogen-bond acceptors (Lipinski definition) is 3.